The van der Waals surface area contributed by atoms with E-state index < -0.39 is 10.0 Å². The van der Waals surface area contributed by atoms with Crippen molar-refractivity contribution in [3.63, 3.8) is 0 Å². The van der Waals surface area contributed by atoms with Gasteiger partial charge in [-0.25, -0.2) is 8.42 Å². The smallest absolute Gasteiger partial charge is 0.232 e. The molecule has 7 heteroatoms. The topological polar surface area (TPSA) is 70.7 Å². The number of nitrogens with zero attached hydrogens (tertiary/aromatic N) is 1. The summed E-state index contributed by atoms with van der Waals surface area (Å²) in [7, 11) is -3.25. The van der Waals surface area contributed by atoms with Crippen molar-refractivity contribution in [3.8, 4) is 0 Å². The minimum Gasteiger partial charge on any atom is -0.378 e. The molecule has 1 heterocycles. The molecule has 2 N–H and O–H groups in total. The van der Waals surface area contributed by atoms with Crippen molar-refractivity contribution < 1.29 is 13.2 Å². The van der Waals surface area contributed by atoms with Gasteiger partial charge in [0.25, 0.3) is 0 Å². The fourth-order valence-corrected chi connectivity index (χ4v) is 3.33. The molecule has 6 nitrogen and oxygen atoms in total. The number of hydrogen-bond acceptors (Lipinski definition) is 5. The highest BCUT2D eigenvalue weighted by molar-refractivity contribution is 7.92. The Balaban J connectivity index is 1.74. The molecule has 1 saturated heterocycles. The molecule has 134 valence electrons. The quantitative estimate of drug-likeness (QED) is 0.828. The Bertz CT molecular complexity index is 801. The fraction of sp³-hybridized carbons (Fsp3) is 0.333. The Morgan fingerprint density at radius 1 is 1.00 bits per heavy atom. The van der Waals surface area contributed by atoms with Crippen molar-refractivity contribution in [2.45, 2.75) is 6.92 Å². The highest BCUT2D eigenvalue weighted by atomic mass is 32.2. The van der Waals surface area contributed by atoms with Crippen LogP contribution in [0.3, 0.4) is 0 Å². The molecule has 1 aliphatic rings. The summed E-state index contributed by atoms with van der Waals surface area (Å²) in [5, 5.41) is 3.41. The van der Waals surface area contributed by atoms with Gasteiger partial charge in [-0.2, -0.15) is 0 Å². The molecular formula is C18H23N3O3S. The van der Waals surface area contributed by atoms with Gasteiger partial charge in [0, 0.05) is 24.5 Å². The summed E-state index contributed by atoms with van der Waals surface area (Å²) in [6.45, 7) is 4.83. The first-order valence-electron chi connectivity index (χ1n) is 8.37. The molecule has 25 heavy (non-hydrogen) atoms. The zero-order valence-corrected chi connectivity index (χ0v) is 15.1. The highest BCUT2D eigenvalue weighted by Gasteiger charge is 2.14. The maximum atomic E-state index is 11.6. The van der Waals surface area contributed by atoms with Gasteiger partial charge in [0.15, 0.2) is 0 Å². The molecule has 0 atom stereocenters. The molecule has 0 saturated carbocycles. The maximum Gasteiger partial charge on any atom is 0.232 e. The van der Waals surface area contributed by atoms with E-state index in [4.69, 9.17) is 4.74 Å². The summed E-state index contributed by atoms with van der Waals surface area (Å²) in [4.78, 5) is 2.30. The third kappa shape index (κ3) is 4.64. The molecule has 1 aliphatic heterocycles. The lowest BCUT2D eigenvalue weighted by atomic mass is 10.2. The van der Waals surface area contributed by atoms with Gasteiger partial charge in [0.2, 0.25) is 10.0 Å². The van der Waals surface area contributed by atoms with Crippen LogP contribution in [0.1, 0.15) is 6.92 Å². The van der Waals surface area contributed by atoms with E-state index in [-0.39, 0.29) is 5.75 Å². The minimum absolute atomic E-state index is 0.0555. The maximum absolute atomic E-state index is 11.6. The summed E-state index contributed by atoms with van der Waals surface area (Å²) < 4.78 is 31.2. The van der Waals surface area contributed by atoms with Crippen LogP contribution in [-0.2, 0) is 14.8 Å². The number of sulfonamides is 1. The molecule has 0 radical (unpaired) electrons. The van der Waals surface area contributed by atoms with Crippen LogP contribution in [0.15, 0.2) is 48.5 Å². The Morgan fingerprint density at radius 3 is 2.32 bits per heavy atom. The summed E-state index contributed by atoms with van der Waals surface area (Å²) in [6.07, 6.45) is 0. The summed E-state index contributed by atoms with van der Waals surface area (Å²) in [5.41, 5.74) is 3.63. The van der Waals surface area contributed by atoms with Crippen molar-refractivity contribution in [2.24, 2.45) is 0 Å². The lowest BCUT2D eigenvalue weighted by Gasteiger charge is -2.30. The van der Waals surface area contributed by atoms with Crippen molar-refractivity contribution >= 4 is 32.8 Å². The molecular weight excluding hydrogens is 338 g/mol. The third-order valence-corrected chi connectivity index (χ3v) is 5.38. The summed E-state index contributed by atoms with van der Waals surface area (Å²) in [5.74, 6) is 0.0555. The monoisotopic (exact) mass is 361 g/mol. The molecule has 0 amide bonds. The predicted molar refractivity (Wildman–Crippen MR) is 102 cm³/mol. The second-order valence-electron chi connectivity index (χ2n) is 5.82. The number of rotatable bonds is 6. The molecule has 0 spiro atoms. The Hall–Kier alpha value is -2.25. The van der Waals surface area contributed by atoms with E-state index in [1.54, 1.807) is 19.1 Å². The van der Waals surface area contributed by atoms with Crippen LogP contribution in [0.4, 0.5) is 22.7 Å². The van der Waals surface area contributed by atoms with Crippen molar-refractivity contribution in [1.82, 2.24) is 0 Å². The Labute approximate surface area is 148 Å². The number of hydrogen-bond donors (Lipinski definition) is 2. The summed E-state index contributed by atoms with van der Waals surface area (Å²) >= 11 is 0. The lowest BCUT2D eigenvalue weighted by Crippen LogP contribution is -2.36. The Morgan fingerprint density at radius 2 is 1.64 bits per heavy atom. The standard InChI is InChI=1S/C18H23N3O3S/c1-2-25(22,23)20-16-9-7-15(8-10-16)19-17-5-3-4-6-18(17)21-11-13-24-14-12-21/h3-10,19-20H,2,11-14H2,1H3. The number of nitrogens with one attached hydrogen (secondary N) is 2. The van der Waals surface area contributed by atoms with Gasteiger partial charge in [-0.05, 0) is 43.3 Å². The molecule has 1 fully saturated rings. The van der Waals surface area contributed by atoms with Crippen LogP contribution in [-0.4, -0.2) is 40.5 Å². The normalized spacial score (nSPS) is 15.0. The van der Waals surface area contributed by atoms with Crippen molar-refractivity contribution in [2.75, 3.05) is 47.0 Å². The zero-order chi connectivity index (χ0) is 17.7. The largest absolute Gasteiger partial charge is 0.378 e. The van der Waals surface area contributed by atoms with Crippen LogP contribution in [0.25, 0.3) is 0 Å². The molecule has 0 bridgehead atoms. The van der Waals surface area contributed by atoms with Gasteiger partial charge >= 0.3 is 0 Å². The number of benzene rings is 2. The second kappa shape index (κ2) is 7.76. The summed E-state index contributed by atoms with van der Waals surface area (Å²) in [6, 6.07) is 15.4. The number of para-hydroxylation sites is 2. The molecule has 0 unspecified atom stereocenters. The van der Waals surface area contributed by atoms with Crippen LogP contribution < -0.4 is 14.9 Å². The zero-order valence-electron chi connectivity index (χ0n) is 14.2. The predicted octanol–water partition coefficient (Wildman–Crippen LogP) is 3.03. The van der Waals surface area contributed by atoms with Crippen LogP contribution >= 0.6 is 0 Å². The first kappa shape index (κ1) is 17.6. The Kier molecular flexibility index (Phi) is 5.45. The van der Waals surface area contributed by atoms with Gasteiger partial charge in [-0.15, -0.1) is 0 Å². The van der Waals surface area contributed by atoms with Gasteiger partial charge in [-0.1, -0.05) is 12.1 Å². The first-order valence-corrected chi connectivity index (χ1v) is 10.0. The van der Waals surface area contributed by atoms with Crippen LogP contribution in [0, 0.1) is 0 Å². The molecule has 3 rings (SSSR count). The second-order valence-corrected chi connectivity index (χ2v) is 7.84. The molecule has 0 aromatic heterocycles. The van der Waals surface area contributed by atoms with Gasteiger partial charge in [-0.3, -0.25) is 4.72 Å². The van der Waals surface area contributed by atoms with E-state index in [2.05, 4.69) is 21.0 Å². The van der Waals surface area contributed by atoms with Crippen LogP contribution in [0.2, 0.25) is 0 Å². The SMILES string of the molecule is CCS(=O)(=O)Nc1ccc(Nc2ccccc2N2CCOCC2)cc1. The van der Waals surface area contributed by atoms with Crippen molar-refractivity contribution in [3.05, 3.63) is 48.5 Å². The van der Waals surface area contributed by atoms with E-state index in [0.717, 1.165) is 43.4 Å². The average Bonchev–Trinajstić information content (AvgIpc) is 2.64. The van der Waals surface area contributed by atoms with Crippen LogP contribution in [0.5, 0.6) is 0 Å². The highest BCUT2D eigenvalue weighted by Crippen LogP contribution is 2.29. The van der Waals surface area contributed by atoms with E-state index in [0.29, 0.717) is 5.69 Å². The minimum atomic E-state index is -3.25. The fourth-order valence-electron chi connectivity index (χ4n) is 2.69. The van der Waals surface area contributed by atoms with E-state index >= 15 is 0 Å². The number of ether oxygens (including phenoxy) is 1. The lowest BCUT2D eigenvalue weighted by molar-refractivity contribution is 0.123. The number of anilines is 4. The van der Waals surface area contributed by atoms with Gasteiger partial charge < -0.3 is 15.0 Å². The molecule has 0 aliphatic carbocycles. The van der Waals surface area contributed by atoms with E-state index in [1.807, 2.05) is 30.3 Å². The van der Waals surface area contributed by atoms with E-state index in [1.165, 1.54) is 0 Å². The van der Waals surface area contributed by atoms with E-state index in [9.17, 15) is 8.42 Å². The third-order valence-electron chi connectivity index (χ3n) is 4.07. The molecule has 2 aromatic rings. The number of morpholine rings is 1. The average molecular weight is 361 g/mol. The first-order chi connectivity index (χ1) is 12.1. The van der Waals surface area contributed by atoms with Gasteiger partial charge in [0.05, 0.1) is 30.3 Å². The van der Waals surface area contributed by atoms with Crippen molar-refractivity contribution in [1.29, 1.82) is 0 Å². The van der Waals surface area contributed by atoms with Gasteiger partial charge in [0.1, 0.15) is 0 Å². The molecule has 2 aromatic carbocycles.